The predicted octanol–water partition coefficient (Wildman–Crippen LogP) is 2.79. The van der Waals surface area contributed by atoms with Crippen LogP contribution in [0.2, 0.25) is 0 Å². The Labute approximate surface area is 123 Å². The average molecular weight is 305 g/mol. The second-order valence-corrected chi connectivity index (χ2v) is 6.26. The minimum absolute atomic E-state index is 0.356. The van der Waals surface area contributed by atoms with Crippen LogP contribution >= 0.6 is 23.1 Å². The molecule has 7 heteroatoms. The summed E-state index contributed by atoms with van der Waals surface area (Å²) < 4.78 is 7.47. The van der Waals surface area contributed by atoms with Crippen LogP contribution in [-0.4, -0.2) is 10.9 Å². The lowest BCUT2D eigenvalue weighted by Gasteiger charge is -1.93. The molecule has 3 rings (SSSR count). The lowest BCUT2D eigenvalue weighted by Crippen LogP contribution is -2.29. The van der Waals surface area contributed by atoms with Gasteiger partial charge in [0.2, 0.25) is 0 Å². The predicted molar refractivity (Wildman–Crippen MR) is 79.5 cm³/mol. The Morgan fingerprint density at radius 1 is 1.45 bits per heavy atom. The van der Waals surface area contributed by atoms with E-state index in [1.165, 1.54) is 6.26 Å². The molecule has 2 heterocycles. The van der Waals surface area contributed by atoms with Crippen molar-refractivity contribution >= 4 is 39.2 Å². The number of nitrogens with one attached hydrogen (secondary N) is 1. The Hall–Kier alpha value is -1.83. The number of thioether (sulfide) groups is 1. The van der Waals surface area contributed by atoms with Gasteiger partial charge in [0, 0.05) is 0 Å². The van der Waals surface area contributed by atoms with Crippen LogP contribution in [0.3, 0.4) is 0 Å². The Morgan fingerprint density at radius 2 is 2.30 bits per heavy atom. The highest BCUT2D eigenvalue weighted by atomic mass is 32.2. The van der Waals surface area contributed by atoms with Crippen molar-refractivity contribution in [2.45, 2.75) is 10.1 Å². The number of carbonyl (C=O) groups excluding carboxylic acids is 1. The van der Waals surface area contributed by atoms with Crippen molar-refractivity contribution in [3.63, 3.8) is 0 Å². The molecule has 0 aliphatic heterocycles. The van der Waals surface area contributed by atoms with Gasteiger partial charge < -0.3 is 4.42 Å². The number of fused-ring (bicyclic) bond motifs is 1. The molecule has 1 aromatic carbocycles. The Bertz CT molecular complexity index is 718. The van der Waals surface area contributed by atoms with E-state index >= 15 is 0 Å². The number of hydrazine groups is 1. The van der Waals surface area contributed by atoms with Crippen LogP contribution in [0.25, 0.3) is 10.2 Å². The Morgan fingerprint density at radius 3 is 3.10 bits per heavy atom. The van der Waals surface area contributed by atoms with E-state index in [4.69, 9.17) is 10.3 Å². The highest BCUT2D eigenvalue weighted by Crippen LogP contribution is 2.31. The second kappa shape index (κ2) is 5.66. The average Bonchev–Trinajstić information content (AvgIpc) is 3.10. The summed E-state index contributed by atoms with van der Waals surface area (Å²) in [5, 5.41) is 0. The van der Waals surface area contributed by atoms with Crippen LogP contribution in [0.1, 0.15) is 16.1 Å². The van der Waals surface area contributed by atoms with Crippen molar-refractivity contribution in [1.29, 1.82) is 0 Å². The monoisotopic (exact) mass is 305 g/mol. The summed E-state index contributed by atoms with van der Waals surface area (Å²) in [6.45, 7) is 0. The number of carbonyl (C=O) groups is 1. The fourth-order valence-corrected chi connectivity index (χ4v) is 3.66. The Balaban J connectivity index is 1.69. The summed E-state index contributed by atoms with van der Waals surface area (Å²) in [7, 11) is 0. The molecule has 0 spiro atoms. The molecule has 0 aliphatic rings. The number of thiazole rings is 1. The zero-order valence-corrected chi connectivity index (χ0v) is 12.0. The first-order valence-corrected chi connectivity index (χ1v) is 7.63. The smallest absolute Gasteiger partial charge is 0.268 e. The topological polar surface area (TPSA) is 81.1 Å². The molecule has 5 nitrogen and oxygen atoms in total. The minimum Gasteiger partial charge on any atom is -0.468 e. The third-order valence-corrected chi connectivity index (χ3v) is 4.86. The molecular formula is C13H11N3O2S2. The second-order valence-electron chi connectivity index (χ2n) is 4.01. The maximum absolute atomic E-state index is 11.3. The third-order valence-electron chi connectivity index (χ3n) is 2.66. The van der Waals surface area contributed by atoms with E-state index in [0.717, 1.165) is 14.6 Å². The molecule has 3 aromatic rings. The highest BCUT2D eigenvalue weighted by Gasteiger charge is 2.10. The number of nitrogens with zero attached hydrogens (tertiary/aromatic N) is 1. The number of hydrogen-bond acceptors (Lipinski definition) is 6. The molecule has 0 unspecified atom stereocenters. The van der Waals surface area contributed by atoms with Gasteiger partial charge >= 0.3 is 0 Å². The van der Waals surface area contributed by atoms with Gasteiger partial charge in [0.05, 0.1) is 21.5 Å². The molecule has 0 bridgehead atoms. The van der Waals surface area contributed by atoms with E-state index in [0.29, 0.717) is 17.1 Å². The van der Waals surface area contributed by atoms with Gasteiger partial charge in [-0.2, -0.15) is 0 Å². The Kier molecular flexibility index (Phi) is 3.72. The number of nitrogens with two attached hydrogens (primary N) is 1. The van der Waals surface area contributed by atoms with Crippen molar-refractivity contribution < 1.29 is 9.21 Å². The van der Waals surface area contributed by atoms with Crippen LogP contribution in [0.4, 0.5) is 0 Å². The van der Waals surface area contributed by atoms with Gasteiger partial charge in [0.1, 0.15) is 12.0 Å². The molecule has 0 saturated heterocycles. The van der Waals surface area contributed by atoms with Gasteiger partial charge in [-0.1, -0.05) is 23.9 Å². The standard InChI is InChI=1S/C13H11N3O2S2/c14-16-12(17)8-5-9(18-6-8)7-19-13-15-10-3-1-2-4-11(10)20-13/h1-6H,7,14H2,(H,16,17). The lowest BCUT2D eigenvalue weighted by atomic mass is 10.3. The van der Waals surface area contributed by atoms with Crippen molar-refractivity contribution in [2.75, 3.05) is 0 Å². The molecule has 0 atom stereocenters. The maximum Gasteiger partial charge on any atom is 0.268 e. The fourth-order valence-electron chi connectivity index (χ4n) is 1.70. The SMILES string of the molecule is NNC(=O)c1coc(CSc2nc3ccccc3s2)c1. The number of rotatable bonds is 4. The number of furan rings is 1. The first kappa shape index (κ1) is 13.2. The molecule has 0 radical (unpaired) electrons. The molecule has 1 amide bonds. The molecule has 2 aromatic heterocycles. The lowest BCUT2D eigenvalue weighted by molar-refractivity contribution is 0.0953. The normalized spacial score (nSPS) is 10.8. The summed E-state index contributed by atoms with van der Waals surface area (Å²) in [5.41, 5.74) is 3.50. The van der Waals surface area contributed by atoms with E-state index in [9.17, 15) is 4.79 Å². The van der Waals surface area contributed by atoms with E-state index in [1.807, 2.05) is 24.3 Å². The maximum atomic E-state index is 11.3. The van der Waals surface area contributed by atoms with Crippen molar-refractivity contribution in [2.24, 2.45) is 5.84 Å². The zero-order valence-electron chi connectivity index (χ0n) is 10.3. The third kappa shape index (κ3) is 2.69. The highest BCUT2D eigenvalue weighted by molar-refractivity contribution is 8.00. The summed E-state index contributed by atoms with van der Waals surface area (Å²) in [5.74, 6) is 6.05. The molecule has 0 fully saturated rings. The van der Waals surface area contributed by atoms with Gasteiger partial charge in [-0.15, -0.1) is 11.3 Å². The summed E-state index contributed by atoms with van der Waals surface area (Å²) in [4.78, 5) is 15.8. The van der Waals surface area contributed by atoms with Crippen molar-refractivity contribution in [1.82, 2.24) is 10.4 Å². The zero-order chi connectivity index (χ0) is 13.9. The van der Waals surface area contributed by atoms with Crippen LogP contribution in [0.5, 0.6) is 0 Å². The molecule has 0 aliphatic carbocycles. The summed E-state index contributed by atoms with van der Waals surface area (Å²) >= 11 is 3.23. The van der Waals surface area contributed by atoms with Crippen LogP contribution in [0.15, 0.2) is 45.4 Å². The van der Waals surface area contributed by atoms with E-state index in [-0.39, 0.29) is 5.91 Å². The molecular weight excluding hydrogens is 294 g/mol. The number of amides is 1. The number of benzene rings is 1. The molecule has 0 saturated carbocycles. The largest absolute Gasteiger partial charge is 0.468 e. The molecule has 20 heavy (non-hydrogen) atoms. The number of hydrogen-bond donors (Lipinski definition) is 2. The van der Waals surface area contributed by atoms with Gasteiger partial charge in [0.15, 0.2) is 4.34 Å². The molecule has 3 N–H and O–H groups in total. The fraction of sp³-hybridized carbons (Fsp3) is 0.0769. The van der Waals surface area contributed by atoms with E-state index < -0.39 is 0 Å². The van der Waals surface area contributed by atoms with E-state index in [2.05, 4.69) is 10.4 Å². The van der Waals surface area contributed by atoms with E-state index in [1.54, 1.807) is 29.2 Å². The molecule has 102 valence electrons. The number of para-hydroxylation sites is 1. The summed E-state index contributed by atoms with van der Waals surface area (Å²) in [6.07, 6.45) is 1.40. The van der Waals surface area contributed by atoms with Gasteiger partial charge in [0.25, 0.3) is 5.91 Å². The van der Waals surface area contributed by atoms with Gasteiger partial charge in [-0.3, -0.25) is 10.2 Å². The first-order chi connectivity index (χ1) is 9.76. The van der Waals surface area contributed by atoms with Crippen LogP contribution in [-0.2, 0) is 5.75 Å². The number of aromatic nitrogens is 1. The van der Waals surface area contributed by atoms with Crippen LogP contribution < -0.4 is 11.3 Å². The minimum atomic E-state index is -0.356. The quantitative estimate of drug-likeness (QED) is 0.335. The van der Waals surface area contributed by atoms with Crippen molar-refractivity contribution in [3.05, 3.63) is 47.9 Å². The van der Waals surface area contributed by atoms with Gasteiger partial charge in [-0.25, -0.2) is 10.8 Å². The summed E-state index contributed by atoms with van der Waals surface area (Å²) in [6, 6.07) is 9.70. The van der Waals surface area contributed by atoms with Crippen LogP contribution in [0, 0.1) is 0 Å². The van der Waals surface area contributed by atoms with Crippen molar-refractivity contribution in [3.8, 4) is 0 Å². The number of nitrogen functional groups attached to an aromatic ring is 1. The first-order valence-electron chi connectivity index (χ1n) is 5.83. The van der Waals surface area contributed by atoms with Gasteiger partial charge in [-0.05, 0) is 18.2 Å².